The Balaban J connectivity index is 2.42. The Labute approximate surface area is 92.0 Å². The summed E-state index contributed by atoms with van der Waals surface area (Å²) in [5.74, 6) is 0.759. The Morgan fingerprint density at radius 3 is 2.71 bits per heavy atom. The van der Waals surface area contributed by atoms with Crippen molar-refractivity contribution in [2.45, 2.75) is 12.8 Å². The summed E-state index contributed by atoms with van der Waals surface area (Å²) in [6.45, 7) is 0.820. The van der Waals surface area contributed by atoms with Crippen LogP contribution in [0.25, 0.3) is 0 Å². The smallest absolute Gasteiger partial charge is 0.122 e. The van der Waals surface area contributed by atoms with E-state index in [1.54, 1.807) is 6.07 Å². The molecule has 0 aliphatic heterocycles. The van der Waals surface area contributed by atoms with E-state index in [0.29, 0.717) is 12.3 Å². The summed E-state index contributed by atoms with van der Waals surface area (Å²) in [7, 11) is 0. The molecular weight excluding hydrogens is 246 g/mol. The third-order valence-corrected chi connectivity index (χ3v) is 2.17. The van der Waals surface area contributed by atoms with Crippen molar-refractivity contribution in [3.05, 3.63) is 22.7 Å². The summed E-state index contributed by atoms with van der Waals surface area (Å²) >= 11 is 3.34. The standard InChI is InChI=1S/C10H14BrNO2/c11-8-5-9(12)7-10(6-8)14-4-2-1-3-13/h5-7,13H,1-4,12H2. The van der Waals surface area contributed by atoms with Gasteiger partial charge in [-0.05, 0) is 25.0 Å². The van der Waals surface area contributed by atoms with E-state index in [0.717, 1.165) is 23.1 Å². The lowest BCUT2D eigenvalue weighted by molar-refractivity contribution is 0.253. The number of hydrogen-bond acceptors (Lipinski definition) is 3. The molecule has 0 unspecified atom stereocenters. The number of ether oxygens (including phenoxy) is 1. The minimum atomic E-state index is 0.212. The summed E-state index contributed by atoms with van der Waals surface area (Å²) in [5.41, 5.74) is 6.32. The van der Waals surface area contributed by atoms with E-state index in [2.05, 4.69) is 15.9 Å². The lowest BCUT2D eigenvalue weighted by atomic mass is 10.3. The van der Waals surface area contributed by atoms with Crippen LogP contribution in [0.1, 0.15) is 12.8 Å². The van der Waals surface area contributed by atoms with Gasteiger partial charge in [0.1, 0.15) is 5.75 Å². The van der Waals surface area contributed by atoms with Crippen LogP contribution in [0.15, 0.2) is 22.7 Å². The number of hydrogen-bond donors (Lipinski definition) is 2. The summed E-state index contributed by atoms with van der Waals surface area (Å²) in [6.07, 6.45) is 1.62. The zero-order valence-electron chi connectivity index (χ0n) is 7.87. The van der Waals surface area contributed by atoms with Crippen molar-refractivity contribution in [2.24, 2.45) is 0 Å². The van der Waals surface area contributed by atoms with E-state index in [9.17, 15) is 0 Å². The third kappa shape index (κ3) is 3.98. The highest BCUT2D eigenvalue weighted by molar-refractivity contribution is 9.10. The molecular formula is C10H14BrNO2. The Kier molecular flexibility index (Phi) is 4.76. The molecule has 0 atom stereocenters. The van der Waals surface area contributed by atoms with Gasteiger partial charge in [0.05, 0.1) is 6.61 Å². The van der Waals surface area contributed by atoms with Gasteiger partial charge >= 0.3 is 0 Å². The fourth-order valence-electron chi connectivity index (χ4n) is 1.07. The van der Waals surface area contributed by atoms with Crippen molar-refractivity contribution in [2.75, 3.05) is 18.9 Å². The maximum atomic E-state index is 8.57. The number of nitrogen functional groups attached to an aromatic ring is 1. The van der Waals surface area contributed by atoms with E-state index in [1.165, 1.54) is 0 Å². The molecule has 1 rings (SSSR count). The average Bonchev–Trinajstić information content (AvgIpc) is 2.11. The molecule has 0 aliphatic rings. The maximum Gasteiger partial charge on any atom is 0.122 e. The Morgan fingerprint density at radius 1 is 1.29 bits per heavy atom. The minimum absolute atomic E-state index is 0.212. The normalized spacial score (nSPS) is 10.1. The predicted octanol–water partition coefficient (Wildman–Crippen LogP) is 2.18. The van der Waals surface area contributed by atoms with Crippen LogP contribution in [-0.2, 0) is 0 Å². The maximum absolute atomic E-state index is 8.57. The molecule has 0 spiro atoms. The Bertz CT molecular complexity index is 271. The van der Waals surface area contributed by atoms with Gasteiger partial charge in [-0.2, -0.15) is 0 Å². The van der Waals surface area contributed by atoms with Crippen LogP contribution in [0.3, 0.4) is 0 Å². The van der Waals surface area contributed by atoms with Gasteiger partial charge in [-0.1, -0.05) is 15.9 Å². The van der Waals surface area contributed by atoms with E-state index in [-0.39, 0.29) is 6.61 Å². The highest BCUT2D eigenvalue weighted by atomic mass is 79.9. The average molecular weight is 260 g/mol. The molecule has 0 radical (unpaired) electrons. The molecule has 3 N–H and O–H groups in total. The second-order valence-electron chi connectivity index (χ2n) is 3.00. The largest absolute Gasteiger partial charge is 0.493 e. The highest BCUT2D eigenvalue weighted by Gasteiger charge is 1.97. The van der Waals surface area contributed by atoms with Crippen LogP contribution in [0, 0.1) is 0 Å². The summed E-state index contributed by atoms with van der Waals surface area (Å²) in [5, 5.41) is 8.57. The van der Waals surface area contributed by atoms with Gasteiger partial charge in [0.25, 0.3) is 0 Å². The zero-order chi connectivity index (χ0) is 10.4. The summed E-state index contributed by atoms with van der Waals surface area (Å²) < 4.78 is 6.36. The van der Waals surface area contributed by atoms with Gasteiger partial charge in [0.2, 0.25) is 0 Å². The van der Waals surface area contributed by atoms with Crippen LogP contribution < -0.4 is 10.5 Å². The fraction of sp³-hybridized carbons (Fsp3) is 0.400. The molecule has 3 nitrogen and oxygen atoms in total. The van der Waals surface area contributed by atoms with Crippen LogP contribution in [0.5, 0.6) is 5.75 Å². The zero-order valence-corrected chi connectivity index (χ0v) is 9.46. The summed E-state index contributed by atoms with van der Waals surface area (Å²) in [6, 6.07) is 5.47. The number of unbranched alkanes of at least 4 members (excludes halogenated alkanes) is 1. The van der Waals surface area contributed by atoms with Gasteiger partial charge in [-0.3, -0.25) is 0 Å². The molecule has 0 aliphatic carbocycles. The number of aliphatic hydroxyl groups excluding tert-OH is 1. The van der Waals surface area contributed by atoms with E-state index < -0.39 is 0 Å². The third-order valence-electron chi connectivity index (χ3n) is 1.71. The van der Waals surface area contributed by atoms with Crippen LogP contribution in [-0.4, -0.2) is 18.3 Å². The first-order chi connectivity index (χ1) is 6.72. The molecule has 14 heavy (non-hydrogen) atoms. The van der Waals surface area contributed by atoms with Crippen molar-refractivity contribution in [1.29, 1.82) is 0 Å². The van der Waals surface area contributed by atoms with Crippen LogP contribution >= 0.6 is 15.9 Å². The van der Waals surface area contributed by atoms with Gasteiger partial charge in [0.15, 0.2) is 0 Å². The highest BCUT2D eigenvalue weighted by Crippen LogP contribution is 2.22. The van der Waals surface area contributed by atoms with E-state index in [1.807, 2.05) is 12.1 Å². The second kappa shape index (κ2) is 5.88. The molecule has 4 heteroatoms. The van der Waals surface area contributed by atoms with Gasteiger partial charge in [0, 0.05) is 22.8 Å². The molecule has 0 amide bonds. The molecule has 78 valence electrons. The van der Waals surface area contributed by atoms with Crippen molar-refractivity contribution < 1.29 is 9.84 Å². The van der Waals surface area contributed by atoms with Crippen molar-refractivity contribution in [3.8, 4) is 5.75 Å². The molecule has 0 saturated heterocycles. The van der Waals surface area contributed by atoms with Crippen molar-refractivity contribution >= 4 is 21.6 Å². The van der Waals surface area contributed by atoms with Gasteiger partial charge < -0.3 is 15.6 Å². The van der Waals surface area contributed by atoms with E-state index >= 15 is 0 Å². The molecule has 1 aromatic rings. The summed E-state index contributed by atoms with van der Waals surface area (Å²) in [4.78, 5) is 0. The number of nitrogens with two attached hydrogens (primary N) is 1. The molecule has 0 bridgehead atoms. The number of rotatable bonds is 5. The van der Waals surface area contributed by atoms with Crippen LogP contribution in [0.4, 0.5) is 5.69 Å². The first-order valence-electron chi connectivity index (χ1n) is 4.52. The first-order valence-corrected chi connectivity index (χ1v) is 5.31. The van der Waals surface area contributed by atoms with Crippen molar-refractivity contribution in [1.82, 2.24) is 0 Å². The number of benzene rings is 1. The van der Waals surface area contributed by atoms with Gasteiger partial charge in [-0.25, -0.2) is 0 Å². The molecule has 0 heterocycles. The van der Waals surface area contributed by atoms with Gasteiger partial charge in [-0.15, -0.1) is 0 Å². The molecule has 0 fully saturated rings. The monoisotopic (exact) mass is 259 g/mol. The molecule has 0 saturated carbocycles. The van der Waals surface area contributed by atoms with Crippen LogP contribution in [0.2, 0.25) is 0 Å². The lowest BCUT2D eigenvalue weighted by Gasteiger charge is -2.06. The quantitative estimate of drug-likeness (QED) is 0.630. The molecule has 0 aromatic heterocycles. The lowest BCUT2D eigenvalue weighted by Crippen LogP contribution is -1.99. The topological polar surface area (TPSA) is 55.5 Å². The first kappa shape index (κ1) is 11.3. The number of aliphatic hydroxyl groups is 1. The SMILES string of the molecule is Nc1cc(Br)cc(OCCCCO)c1. The Hall–Kier alpha value is -0.740. The number of anilines is 1. The van der Waals surface area contributed by atoms with Crippen molar-refractivity contribution in [3.63, 3.8) is 0 Å². The second-order valence-corrected chi connectivity index (χ2v) is 3.92. The molecule has 1 aromatic carbocycles. The predicted molar refractivity (Wildman–Crippen MR) is 60.4 cm³/mol. The minimum Gasteiger partial charge on any atom is -0.493 e. The number of halogens is 1. The van der Waals surface area contributed by atoms with E-state index in [4.69, 9.17) is 15.6 Å². The Morgan fingerprint density at radius 2 is 2.07 bits per heavy atom. The fourth-order valence-corrected chi connectivity index (χ4v) is 1.56.